The third-order valence-corrected chi connectivity index (χ3v) is 22.0. The molecule has 15 atom stereocenters. The Bertz CT molecular complexity index is 1800. The molecule has 0 amide bonds. The van der Waals surface area contributed by atoms with Gasteiger partial charge in [-0.2, -0.15) is 0 Å². The molecular weight excluding hydrogens is 765 g/mol. The van der Waals surface area contributed by atoms with Crippen molar-refractivity contribution in [3.05, 3.63) is 46.6 Å². The highest BCUT2D eigenvalue weighted by atomic mass is 15.5. The Balaban J connectivity index is 0.871. The normalized spacial score (nSPS) is 49.3. The van der Waals surface area contributed by atoms with E-state index in [2.05, 4.69) is 81.4 Å². The topological polar surface area (TPSA) is 39.7 Å². The molecule has 4 heteroatoms. The molecule has 11 rings (SSSR count). The smallest absolute Gasteiger partial charge is 0.160 e. The Morgan fingerprint density at radius 1 is 0.683 bits per heavy atom. The van der Waals surface area contributed by atoms with E-state index in [4.69, 9.17) is 4.99 Å². The average molecular weight is 857 g/mol. The van der Waals surface area contributed by atoms with Crippen LogP contribution in [-0.2, 0) is 0 Å². The first-order valence-corrected chi connectivity index (χ1v) is 28.3. The van der Waals surface area contributed by atoms with Crippen LogP contribution < -0.4 is 10.6 Å². The van der Waals surface area contributed by atoms with Gasteiger partial charge in [0.05, 0.1) is 6.17 Å². The molecule has 2 heterocycles. The second-order valence-corrected chi connectivity index (χ2v) is 25.6. The fourth-order valence-corrected chi connectivity index (χ4v) is 18.6. The van der Waals surface area contributed by atoms with Crippen molar-refractivity contribution in [3.8, 4) is 0 Å². The van der Waals surface area contributed by atoms with E-state index in [1.54, 1.807) is 5.57 Å². The van der Waals surface area contributed by atoms with E-state index in [0.29, 0.717) is 53.3 Å². The van der Waals surface area contributed by atoms with Crippen LogP contribution in [0.1, 0.15) is 202 Å². The number of aliphatic imine (C=N–C) groups is 1. The van der Waals surface area contributed by atoms with E-state index < -0.39 is 0 Å². The second-order valence-electron chi connectivity index (χ2n) is 25.6. The van der Waals surface area contributed by atoms with Gasteiger partial charge in [-0.05, 0) is 223 Å². The van der Waals surface area contributed by atoms with Crippen molar-refractivity contribution in [2.45, 2.75) is 227 Å². The molecule has 2 aliphatic heterocycles. The summed E-state index contributed by atoms with van der Waals surface area (Å²) in [5.74, 6) is 12.5. The first-order valence-electron chi connectivity index (χ1n) is 28.3. The van der Waals surface area contributed by atoms with Crippen LogP contribution in [0.15, 0.2) is 51.6 Å². The first-order chi connectivity index (χ1) is 30.6. The summed E-state index contributed by atoms with van der Waals surface area (Å²) in [5, 5.41) is 8.81. The highest BCUT2D eigenvalue weighted by Gasteiger charge is 2.59. The van der Waals surface area contributed by atoms with Crippen molar-refractivity contribution < 1.29 is 0 Å². The summed E-state index contributed by atoms with van der Waals surface area (Å²) in [5.41, 5.74) is 7.86. The monoisotopic (exact) mass is 857 g/mol. The number of hydrogen-bond donors (Lipinski definition) is 2. The first kappa shape index (κ1) is 43.9. The molecule has 0 bridgehead atoms. The van der Waals surface area contributed by atoms with Crippen LogP contribution >= 0.6 is 0 Å². The summed E-state index contributed by atoms with van der Waals surface area (Å²) in [7, 11) is 0. The van der Waals surface area contributed by atoms with Gasteiger partial charge >= 0.3 is 0 Å². The summed E-state index contributed by atoms with van der Waals surface area (Å²) < 4.78 is 0. The Morgan fingerprint density at radius 2 is 1.51 bits per heavy atom. The molecule has 348 valence electrons. The number of fused-ring (bicyclic) bond motifs is 6. The second kappa shape index (κ2) is 18.1. The number of hydrogen-bond acceptors (Lipinski definition) is 4. The van der Waals surface area contributed by atoms with Gasteiger partial charge in [0.1, 0.15) is 5.84 Å². The molecule has 0 aromatic rings. The van der Waals surface area contributed by atoms with E-state index in [9.17, 15) is 0 Å². The van der Waals surface area contributed by atoms with Gasteiger partial charge in [0.15, 0.2) is 6.29 Å². The van der Waals surface area contributed by atoms with E-state index in [1.807, 2.05) is 16.7 Å². The zero-order valence-corrected chi connectivity index (χ0v) is 41.3. The molecule has 63 heavy (non-hydrogen) atoms. The lowest BCUT2D eigenvalue weighted by Gasteiger charge is -2.50. The van der Waals surface area contributed by atoms with Gasteiger partial charge in [0.25, 0.3) is 0 Å². The van der Waals surface area contributed by atoms with Crippen LogP contribution in [0.25, 0.3) is 0 Å². The van der Waals surface area contributed by atoms with Gasteiger partial charge in [0.2, 0.25) is 0 Å². The average Bonchev–Trinajstić information content (AvgIpc) is 3.64. The minimum atomic E-state index is 0.0938. The third-order valence-electron chi connectivity index (χ3n) is 22.0. The maximum Gasteiger partial charge on any atom is 0.160 e. The number of rotatable bonds is 6. The van der Waals surface area contributed by atoms with Crippen LogP contribution in [0.3, 0.4) is 0 Å². The number of likely N-dealkylation sites (tertiary alicyclic amines) is 1. The molecular formula is C59H92N4. The summed E-state index contributed by atoms with van der Waals surface area (Å²) in [6.07, 6.45) is 45.9. The number of allylic oxidation sites excluding steroid dienone is 6. The molecule has 0 aromatic carbocycles. The predicted molar refractivity (Wildman–Crippen MR) is 264 cm³/mol. The van der Waals surface area contributed by atoms with Crippen molar-refractivity contribution in [1.82, 2.24) is 15.5 Å². The van der Waals surface area contributed by atoms with Crippen LogP contribution in [0.5, 0.6) is 0 Å². The Morgan fingerprint density at radius 3 is 2.30 bits per heavy atom. The highest BCUT2D eigenvalue weighted by molar-refractivity contribution is 5.85. The van der Waals surface area contributed by atoms with E-state index >= 15 is 0 Å². The molecule has 2 N–H and O–H groups in total. The van der Waals surface area contributed by atoms with E-state index in [1.165, 1.54) is 166 Å². The van der Waals surface area contributed by atoms with Gasteiger partial charge in [-0.1, -0.05) is 102 Å². The van der Waals surface area contributed by atoms with Crippen molar-refractivity contribution >= 4 is 5.84 Å². The van der Waals surface area contributed by atoms with Crippen molar-refractivity contribution in [1.29, 1.82) is 0 Å². The maximum atomic E-state index is 6.07. The zero-order valence-electron chi connectivity index (χ0n) is 41.3. The minimum absolute atomic E-state index is 0.0938. The molecule has 4 saturated carbocycles. The predicted octanol–water partition coefficient (Wildman–Crippen LogP) is 14.6. The summed E-state index contributed by atoms with van der Waals surface area (Å²) in [6, 6.07) is 1.19. The molecule has 1 saturated heterocycles. The Kier molecular flexibility index (Phi) is 12.6. The number of amidine groups is 1. The van der Waals surface area contributed by atoms with Crippen LogP contribution in [0.4, 0.5) is 0 Å². The number of nitrogens with one attached hydrogen (secondary N) is 2. The zero-order chi connectivity index (χ0) is 43.0. The lowest BCUT2D eigenvalue weighted by atomic mass is 9.58. The molecule has 0 radical (unpaired) electrons. The molecule has 9 aliphatic carbocycles. The minimum Gasteiger partial charge on any atom is -0.358 e. The standard InChI is InChI=1S/C59H92N4/c1-36-12-9-18-45(34-36)41-20-25-47(26-21-41)59(6)32-30-44(31-33-59)56-60-57(49-27-22-46(35-40(49)5)48-19-8-7-13-37(48)2)62-58(61-56)63-50-28-23-42-16-10-14-38(3)52(42)54(50)55-51(63)29-24-43-17-11-15-39(4)53(43)55/h10,16,19,23,36-41,44-47,49-52,54-55,57-58,62H,7-9,11-15,17-18,20-22,24-35H2,1-6H3,(H,60,61). The fraction of sp³-hybridized carbons (Fsp3) is 0.847. The van der Waals surface area contributed by atoms with Crippen molar-refractivity contribution in [2.75, 3.05) is 0 Å². The maximum absolute atomic E-state index is 6.07. The van der Waals surface area contributed by atoms with Gasteiger partial charge in [-0.15, -0.1) is 0 Å². The van der Waals surface area contributed by atoms with Crippen LogP contribution in [0, 0.1) is 88.3 Å². The van der Waals surface area contributed by atoms with E-state index in [-0.39, 0.29) is 6.29 Å². The molecule has 4 nitrogen and oxygen atoms in total. The Labute approximate surface area is 386 Å². The molecule has 0 spiro atoms. The largest absolute Gasteiger partial charge is 0.358 e. The lowest BCUT2D eigenvalue weighted by Crippen LogP contribution is -2.66. The van der Waals surface area contributed by atoms with Crippen molar-refractivity contribution in [3.63, 3.8) is 0 Å². The SMILES string of the molecule is CC1CCCC(C2CCC(C3(C)CCC(C4=NC(N5C6CCC7=C(C(C)CCC7)C6C6C7C(=CCC65)C=CCC7C)NC(C5CCC(C6=CCCCC6C)CC5C)N4)CC3)CC2)C1. The summed E-state index contributed by atoms with van der Waals surface area (Å²) in [4.78, 5) is 9.18. The van der Waals surface area contributed by atoms with Gasteiger partial charge < -0.3 is 5.32 Å². The summed E-state index contributed by atoms with van der Waals surface area (Å²) in [6.45, 7) is 15.6. The van der Waals surface area contributed by atoms with Gasteiger partial charge in [-0.3, -0.25) is 10.2 Å². The Hall–Kier alpha value is -1.65. The van der Waals surface area contributed by atoms with E-state index in [0.717, 1.165) is 53.3 Å². The fourth-order valence-electron chi connectivity index (χ4n) is 18.6. The quantitative estimate of drug-likeness (QED) is 0.262. The van der Waals surface area contributed by atoms with Crippen molar-refractivity contribution in [2.24, 2.45) is 93.3 Å². The van der Waals surface area contributed by atoms with Crippen LogP contribution in [-0.4, -0.2) is 35.3 Å². The summed E-state index contributed by atoms with van der Waals surface area (Å²) >= 11 is 0. The van der Waals surface area contributed by atoms with Crippen LogP contribution in [0.2, 0.25) is 0 Å². The molecule has 5 fully saturated rings. The third kappa shape index (κ3) is 8.19. The molecule has 11 aliphatic rings. The highest BCUT2D eigenvalue weighted by Crippen LogP contribution is 2.60. The lowest BCUT2D eigenvalue weighted by molar-refractivity contribution is 0.0379. The van der Waals surface area contributed by atoms with Gasteiger partial charge in [-0.25, -0.2) is 4.99 Å². The number of nitrogens with zero attached hydrogens (tertiary/aromatic N) is 2. The molecule has 0 aromatic heterocycles. The molecule has 15 unspecified atom stereocenters. The van der Waals surface area contributed by atoms with Gasteiger partial charge in [0, 0.05) is 23.9 Å².